The second-order valence-electron chi connectivity index (χ2n) is 10.6. The van der Waals surface area contributed by atoms with Gasteiger partial charge in [-0.3, -0.25) is 0 Å². The molecule has 1 aliphatic carbocycles. The minimum Gasteiger partial charge on any atom is -0.478 e. The maximum Gasteiger partial charge on any atom is 0.335 e. The highest BCUT2D eigenvalue weighted by Gasteiger charge is 2.48. The third kappa shape index (κ3) is 3.85. The zero-order chi connectivity index (χ0) is 22.4. The van der Waals surface area contributed by atoms with Gasteiger partial charge in [0.05, 0.1) is 5.56 Å². The summed E-state index contributed by atoms with van der Waals surface area (Å²) in [5, 5.41) is 9.14. The summed E-state index contributed by atoms with van der Waals surface area (Å²) in [5.41, 5.74) is 8.57. The topological polar surface area (TPSA) is 37.3 Å². The predicted molar refractivity (Wildman–Crippen MR) is 127 cm³/mol. The summed E-state index contributed by atoms with van der Waals surface area (Å²) in [5.74, 6) is 0.258. The number of carbonyl (C=O) groups is 1. The molecule has 1 aliphatic rings. The lowest BCUT2D eigenvalue weighted by Crippen LogP contribution is -2.30. The van der Waals surface area contributed by atoms with E-state index in [1.54, 1.807) is 12.1 Å². The minimum atomic E-state index is -0.890. The molecule has 1 atom stereocenters. The van der Waals surface area contributed by atoms with Crippen molar-refractivity contribution in [2.75, 3.05) is 0 Å². The van der Waals surface area contributed by atoms with Crippen LogP contribution in [0, 0.1) is 11.8 Å². The summed E-state index contributed by atoms with van der Waals surface area (Å²) in [7, 11) is 0. The molecule has 3 rings (SSSR count). The molecule has 0 aromatic heterocycles. The van der Waals surface area contributed by atoms with Crippen LogP contribution in [0.25, 0.3) is 11.6 Å². The van der Waals surface area contributed by atoms with Crippen molar-refractivity contribution in [2.45, 2.75) is 72.6 Å². The van der Waals surface area contributed by atoms with Gasteiger partial charge in [-0.1, -0.05) is 78.8 Å². The second kappa shape index (κ2) is 7.72. The molecule has 2 nitrogen and oxygen atoms in total. The van der Waals surface area contributed by atoms with Gasteiger partial charge in [-0.2, -0.15) is 0 Å². The monoisotopic (exact) mass is 404 g/mol. The van der Waals surface area contributed by atoms with Crippen molar-refractivity contribution < 1.29 is 9.90 Å². The Labute approximate surface area is 182 Å². The van der Waals surface area contributed by atoms with Crippen LogP contribution in [-0.2, 0) is 17.3 Å². The first-order chi connectivity index (χ1) is 13.9. The third-order valence-electron chi connectivity index (χ3n) is 7.39. The van der Waals surface area contributed by atoms with Gasteiger partial charge in [0.2, 0.25) is 0 Å². The van der Waals surface area contributed by atoms with Crippen LogP contribution in [0.3, 0.4) is 0 Å². The summed E-state index contributed by atoms with van der Waals surface area (Å²) in [6.07, 6.45) is 3.23. The number of benzene rings is 2. The second-order valence-corrected chi connectivity index (χ2v) is 10.6. The van der Waals surface area contributed by atoms with Crippen LogP contribution >= 0.6 is 0 Å². The lowest BCUT2D eigenvalue weighted by Gasteiger charge is -2.32. The van der Waals surface area contributed by atoms with Gasteiger partial charge in [0.15, 0.2) is 0 Å². The van der Waals surface area contributed by atoms with E-state index in [1.165, 1.54) is 27.8 Å². The Morgan fingerprint density at radius 3 is 2.07 bits per heavy atom. The van der Waals surface area contributed by atoms with Crippen molar-refractivity contribution in [3.8, 4) is 0 Å². The maximum atomic E-state index is 11.1. The van der Waals surface area contributed by atoms with Crippen molar-refractivity contribution in [3.63, 3.8) is 0 Å². The molecule has 0 bridgehead atoms. The Bertz CT molecular complexity index is 988. The van der Waals surface area contributed by atoms with Crippen LogP contribution in [0.4, 0.5) is 0 Å². The highest BCUT2D eigenvalue weighted by Crippen LogP contribution is 2.54. The Balaban J connectivity index is 2.14. The standard InChI is InChI=1S/C28H36O2/c1-17(2)13-22-15-24-25(28(7,8)19(4)27(24,5)6)16-23(22)18(3)14-20-9-11-21(12-10-20)26(29)30/h9-12,14-17,19H,13H2,1-8H3,(H,29,30). The first-order valence-corrected chi connectivity index (χ1v) is 11.1. The van der Waals surface area contributed by atoms with Crippen LogP contribution in [0.15, 0.2) is 36.4 Å². The molecule has 0 saturated carbocycles. The van der Waals surface area contributed by atoms with Gasteiger partial charge in [0.25, 0.3) is 0 Å². The van der Waals surface area contributed by atoms with Crippen LogP contribution < -0.4 is 0 Å². The molecule has 2 heteroatoms. The molecule has 1 N–H and O–H groups in total. The average molecular weight is 405 g/mol. The van der Waals surface area contributed by atoms with Crippen molar-refractivity contribution in [2.24, 2.45) is 11.8 Å². The van der Waals surface area contributed by atoms with Crippen molar-refractivity contribution in [1.82, 2.24) is 0 Å². The summed E-state index contributed by atoms with van der Waals surface area (Å²) < 4.78 is 0. The predicted octanol–water partition coefficient (Wildman–Crippen LogP) is 7.35. The Morgan fingerprint density at radius 2 is 1.57 bits per heavy atom. The molecule has 2 aromatic rings. The number of aromatic carboxylic acids is 1. The SMILES string of the molecule is CC(=Cc1ccc(C(=O)O)cc1)c1cc2c(cc1CC(C)C)C(C)(C)C(C)C2(C)C. The maximum absolute atomic E-state index is 11.1. The van der Waals surface area contributed by atoms with E-state index in [-0.39, 0.29) is 10.8 Å². The Hall–Kier alpha value is -2.35. The quantitative estimate of drug-likeness (QED) is 0.529. The van der Waals surface area contributed by atoms with Gasteiger partial charge >= 0.3 is 5.97 Å². The zero-order valence-corrected chi connectivity index (χ0v) is 19.8. The lowest BCUT2D eigenvalue weighted by molar-refractivity contribution is 0.0697. The summed E-state index contributed by atoms with van der Waals surface area (Å²) >= 11 is 0. The summed E-state index contributed by atoms with van der Waals surface area (Å²) in [6.45, 7) is 18.6. The van der Waals surface area contributed by atoms with E-state index in [9.17, 15) is 4.79 Å². The Kier molecular flexibility index (Phi) is 5.75. The number of fused-ring (bicyclic) bond motifs is 1. The highest BCUT2D eigenvalue weighted by molar-refractivity contribution is 5.88. The number of hydrogen-bond acceptors (Lipinski definition) is 1. The fourth-order valence-corrected chi connectivity index (χ4v) is 5.10. The van der Waals surface area contributed by atoms with Gasteiger partial charge in [0.1, 0.15) is 0 Å². The van der Waals surface area contributed by atoms with Gasteiger partial charge < -0.3 is 5.11 Å². The van der Waals surface area contributed by atoms with E-state index in [2.05, 4.69) is 73.6 Å². The molecule has 0 spiro atoms. The molecule has 1 unspecified atom stereocenters. The van der Waals surface area contributed by atoms with Crippen molar-refractivity contribution >= 4 is 17.6 Å². The summed E-state index contributed by atoms with van der Waals surface area (Å²) in [6, 6.07) is 12.0. The van der Waals surface area contributed by atoms with Crippen LogP contribution in [-0.4, -0.2) is 11.1 Å². The van der Waals surface area contributed by atoms with Crippen LogP contribution in [0.2, 0.25) is 0 Å². The number of carboxylic acid groups (broad SMARTS) is 1. The zero-order valence-electron chi connectivity index (χ0n) is 19.8. The van der Waals surface area contributed by atoms with E-state index < -0.39 is 5.97 Å². The largest absolute Gasteiger partial charge is 0.478 e. The number of rotatable bonds is 5. The minimum absolute atomic E-state index is 0.132. The van der Waals surface area contributed by atoms with E-state index in [4.69, 9.17) is 5.11 Å². The Morgan fingerprint density at radius 1 is 1.03 bits per heavy atom. The molecule has 0 aliphatic heterocycles. The molecule has 0 heterocycles. The number of hydrogen-bond donors (Lipinski definition) is 1. The van der Waals surface area contributed by atoms with E-state index >= 15 is 0 Å². The first-order valence-electron chi connectivity index (χ1n) is 11.1. The number of carboxylic acids is 1. The van der Waals surface area contributed by atoms with Crippen LogP contribution in [0.1, 0.15) is 93.6 Å². The van der Waals surface area contributed by atoms with Gasteiger partial charge in [-0.25, -0.2) is 4.79 Å². The molecule has 0 saturated heterocycles. The average Bonchev–Trinajstić information content (AvgIpc) is 2.78. The first kappa shape index (κ1) is 22.3. The molecule has 0 radical (unpaired) electrons. The van der Waals surface area contributed by atoms with Gasteiger partial charge in [0, 0.05) is 0 Å². The van der Waals surface area contributed by atoms with Crippen molar-refractivity contribution in [3.05, 3.63) is 69.8 Å². The fraction of sp³-hybridized carbons (Fsp3) is 0.464. The summed E-state index contributed by atoms with van der Waals surface area (Å²) in [4.78, 5) is 11.1. The van der Waals surface area contributed by atoms with Crippen LogP contribution in [0.5, 0.6) is 0 Å². The third-order valence-corrected chi connectivity index (χ3v) is 7.39. The molecule has 0 fully saturated rings. The normalized spacial score (nSPS) is 19.8. The highest BCUT2D eigenvalue weighted by atomic mass is 16.4. The van der Waals surface area contributed by atoms with Crippen molar-refractivity contribution in [1.29, 1.82) is 0 Å². The molecule has 2 aromatic carbocycles. The van der Waals surface area contributed by atoms with Gasteiger partial charge in [-0.15, -0.1) is 0 Å². The molecule has 0 amide bonds. The number of allylic oxidation sites excluding steroid dienone is 1. The molecular weight excluding hydrogens is 368 g/mol. The molecular formula is C28H36O2. The fourth-order valence-electron chi connectivity index (χ4n) is 5.10. The van der Waals surface area contributed by atoms with E-state index in [0.717, 1.165) is 12.0 Å². The molecule has 160 valence electrons. The van der Waals surface area contributed by atoms with E-state index in [0.29, 0.717) is 17.4 Å². The molecule has 30 heavy (non-hydrogen) atoms. The van der Waals surface area contributed by atoms with Gasteiger partial charge in [-0.05, 0) is 81.5 Å². The van der Waals surface area contributed by atoms with E-state index in [1.807, 2.05) is 12.1 Å². The lowest BCUT2D eigenvalue weighted by atomic mass is 9.71. The smallest absolute Gasteiger partial charge is 0.335 e.